The van der Waals surface area contributed by atoms with Crippen LogP contribution in [0.5, 0.6) is 0 Å². The van der Waals surface area contributed by atoms with Gasteiger partial charge in [-0.2, -0.15) is 0 Å². The second-order valence-corrected chi connectivity index (χ2v) is 3.29. The number of rotatable bonds is 5. The number of halogens is 4. The van der Waals surface area contributed by atoms with E-state index in [1.165, 1.54) is 13.8 Å². The van der Waals surface area contributed by atoms with Crippen LogP contribution in [0.3, 0.4) is 0 Å². The lowest BCUT2D eigenvalue weighted by molar-refractivity contribution is -0.216. The van der Waals surface area contributed by atoms with Crippen molar-refractivity contribution in [2.45, 2.75) is 37.7 Å². The number of hydrogen-bond acceptors (Lipinski definition) is 2. The second-order valence-electron chi connectivity index (χ2n) is 2.06. The molecule has 0 radical (unpaired) electrons. The lowest BCUT2D eigenvalue weighted by Crippen LogP contribution is -2.29. The fourth-order valence-corrected chi connectivity index (χ4v) is 0.723. The quantitative estimate of drug-likeness (QED) is 0.527. The van der Waals surface area contributed by atoms with Crippen LogP contribution >= 0.6 is 23.2 Å². The lowest BCUT2D eigenvalue weighted by Gasteiger charge is -2.19. The largest absolute Gasteiger partial charge is 0.328 e. The summed E-state index contributed by atoms with van der Waals surface area (Å²) in [6.45, 7) is 2.83. The standard InChI is InChI=1S/C6H10Cl2F2O2/c1-3(7)11-6(5(9)10)12-4(2)8/h3-6H,1-2H3. The molecule has 0 saturated heterocycles. The minimum absolute atomic E-state index is 0.834. The summed E-state index contributed by atoms with van der Waals surface area (Å²) in [6.07, 6.45) is -4.42. The molecule has 0 aliphatic heterocycles. The van der Waals surface area contributed by atoms with Gasteiger partial charge >= 0.3 is 0 Å². The van der Waals surface area contributed by atoms with Gasteiger partial charge in [-0.1, -0.05) is 23.2 Å². The summed E-state index contributed by atoms with van der Waals surface area (Å²) >= 11 is 10.6. The summed E-state index contributed by atoms with van der Waals surface area (Å²) in [5.74, 6) is 0. The van der Waals surface area contributed by atoms with Crippen LogP contribution in [0.15, 0.2) is 0 Å². The Bertz CT molecular complexity index is 112. The molecule has 0 aromatic rings. The molecule has 2 atom stereocenters. The molecule has 6 heteroatoms. The van der Waals surface area contributed by atoms with Crippen LogP contribution in [0.25, 0.3) is 0 Å². The molecular weight excluding hydrogens is 213 g/mol. The Morgan fingerprint density at radius 1 is 1.00 bits per heavy atom. The fourth-order valence-electron chi connectivity index (χ4n) is 0.520. The molecule has 2 unspecified atom stereocenters. The zero-order valence-electron chi connectivity index (χ0n) is 6.64. The highest BCUT2D eigenvalue weighted by Gasteiger charge is 2.25. The van der Waals surface area contributed by atoms with E-state index in [0.29, 0.717) is 0 Å². The Labute approximate surface area is 79.7 Å². The molecule has 0 spiro atoms. The van der Waals surface area contributed by atoms with Crippen molar-refractivity contribution in [1.29, 1.82) is 0 Å². The molecule has 0 bridgehead atoms. The van der Waals surface area contributed by atoms with E-state index < -0.39 is 23.8 Å². The van der Waals surface area contributed by atoms with Crippen molar-refractivity contribution in [1.82, 2.24) is 0 Å². The molecule has 0 amide bonds. The maximum atomic E-state index is 12.1. The van der Waals surface area contributed by atoms with Gasteiger partial charge < -0.3 is 9.47 Å². The van der Waals surface area contributed by atoms with Crippen LogP contribution in [0.4, 0.5) is 8.78 Å². The minimum atomic E-state index is -2.76. The van der Waals surface area contributed by atoms with Crippen LogP contribution in [0.2, 0.25) is 0 Å². The van der Waals surface area contributed by atoms with Crippen LogP contribution < -0.4 is 0 Å². The number of ether oxygens (including phenoxy) is 2. The van der Waals surface area contributed by atoms with Crippen molar-refractivity contribution in [2.75, 3.05) is 0 Å². The van der Waals surface area contributed by atoms with Gasteiger partial charge in [0.2, 0.25) is 6.29 Å². The normalized spacial score (nSPS) is 19.2. The summed E-state index contributed by atoms with van der Waals surface area (Å²) < 4.78 is 33.2. The average molecular weight is 223 g/mol. The number of alkyl halides is 4. The molecule has 0 saturated carbocycles. The summed E-state index contributed by atoms with van der Waals surface area (Å²) in [7, 11) is 0. The highest BCUT2D eigenvalue weighted by molar-refractivity contribution is 6.19. The van der Waals surface area contributed by atoms with Gasteiger partial charge in [-0.15, -0.1) is 0 Å². The van der Waals surface area contributed by atoms with Crippen molar-refractivity contribution in [3.05, 3.63) is 0 Å². The molecule has 0 N–H and O–H groups in total. The molecule has 12 heavy (non-hydrogen) atoms. The zero-order chi connectivity index (χ0) is 9.72. The third kappa shape index (κ3) is 5.94. The molecule has 0 fully saturated rings. The predicted molar refractivity (Wildman–Crippen MR) is 42.6 cm³/mol. The van der Waals surface area contributed by atoms with Crippen molar-refractivity contribution in [3.8, 4) is 0 Å². The van der Waals surface area contributed by atoms with E-state index >= 15 is 0 Å². The molecule has 0 aromatic heterocycles. The van der Waals surface area contributed by atoms with Gasteiger partial charge in [0.25, 0.3) is 6.43 Å². The Morgan fingerprint density at radius 2 is 1.33 bits per heavy atom. The zero-order valence-corrected chi connectivity index (χ0v) is 8.15. The highest BCUT2D eigenvalue weighted by Crippen LogP contribution is 2.15. The SMILES string of the molecule is CC(Cl)OC(OC(C)Cl)C(F)F. The molecular formula is C6H10Cl2F2O2. The van der Waals surface area contributed by atoms with Crippen molar-refractivity contribution >= 4 is 23.2 Å². The van der Waals surface area contributed by atoms with Gasteiger partial charge in [-0.3, -0.25) is 0 Å². The molecule has 0 heterocycles. The van der Waals surface area contributed by atoms with E-state index in [4.69, 9.17) is 23.2 Å². The van der Waals surface area contributed by atoms with Crippen molar-refractivity contribution < 1.29 is 18.3 Å². The first-order chi connectivity index (χ1) is 5.43. The first-order valence-electron chi connectivity index (χ1n) is 3.30. The highest BCUT2D eigenvalue weighted by atomic mass is 35.5. The van der Waals surface area contributed by atoms with Gasteiger partial charge in [0.15, 0.2) is 0 Å². The van der Waals surface area contributed by atoms with Gasteiger partial charge in [-0.25, -0.2) is 8.78 Å². The van der Waals surface area contributed by atoms with Crippen LogP contribution in [0, 0.1) is 0 Å². The fraction of sp³-hybridized carbons (Fsp3) is 1.00. The monoisotopic (exact) mass is 222 g/mol. The Hall–Kier alpha value is 0.360. The van der Waals surface area contributed by atoms with Gasteiger partial charge in [0, 0.05) is 0 Å². The Kier molecular flexibility index (Phi) is 6.09. The molecule has 0 aromatic carbocycles. The van der Waals surface area contributed by atoms with E-state index in [9.17, 15) is 8.78 Å². The summed E-state index contributed by atoms with van der Waals surface area (Å²) in [6, 6.07) is 0. The maximum Gasteiger partial charge on any atom is 0.288 e. The summed E-state index contributed by atoms with van der Waals surface area (Å²) in [4.78, 5) is 0. The van der Waals surface area contributed by atoms with E-state index in [2.05, 4.69) is 9.47 Å². The first-order valence-corrected chi connectivity index (χ1v) is 4.18. The van der Waals surface area contributed by atoms with E-state index in [1.807, 2.05) is 0 Å². The van der Waals surface area contributed by atoms with E-state index in [1.54, 1.807) is 0 Å². The molecule has 0 rings (SSSR count). The Morgan fingerprint density at radius 3 is 1.50 bits per heavy atom. The predicted octanol–water partition coefficient (Wildman–Crippen LogP) is 2.78. The third-order valence-corrected chi connectivity index (χ3v) is 1.05. The van der Waals surface area contributed by atoms with Crippen LogP contribution in [0.1, 0.15) is 13.8 Å². The van der Waals surface area contributed by atoms with Crippen LogP contribution in [-0.2, 0) is 9.47 Å². The molecule has 0 aliphatic carbocycles. The van der Waals surface area contributed by atoms with Crippen molar-refractivity contribution in [2.24, 2.45) is 0 Å². The molecule has 0 aliphatic rings. The summed E-state index contributed by atoms with van der Waals surface area (Å²) in [5.41, 5.74) is -1.67. The smallest absolute Gasteiger partial charge is 0.288 e. The molecule has 2 nitrogen and oxygen atoms in total. The lowest BCUT2D eigenvalue weighted by atomic mass is 10.6. The Balaban J connectivity index is 3.87. The third-order valence-electron chi connectivity index (χ3n) is 0.849. The van der Waals surface area contributed by atoms with Crippen molar-refractivity contribution in [3.63, 3.8) is 0 Å². The van der Waals surface area contributed by atoms with E-state index in [0.717, 1.165) is 0 Å². The van der Waals surface area contributed by atoms with Gasteiger partial charge in [0.05, 0.1) is 0 Å². The minimum Gasteiger partial charge on any atom is -0.328 e. The number of hydrogen-bond donors (Lipinski definition) is 0. The van der Waals surface area contributed by atoms with Gasteiger partial charge in [0.1, 0.15) is 11.1 Å². The second kappa shape index (κ2) is 5.91. The topological polar surface area (TPSA) is 18.5 Å². The van der Waals surface area contributed by atoms with Gasteiger partial charge in [-0.05, 0) is 13.8 Å². The van der Waals surface area contributed by atoms with Crippen LogP contribution in [-0.4, -0.2) is 23.8 Å². The first kappa shape index (κ1) is 12.4. The maximum absolute atomic E-state index is 12.1. The molecule has 74 valence electrons. The van der Waals surface area contributed by atoms with E-state index in [-0.39, 0.29) is 0 Å². The average Bonchev–Trinajstić information content (AvgIpc) is 1.83. The summed E-state index contributed by atoms with van der Waals surface area (Å²) in [5, 5.41) is 0.